The van der Waals surface area contributed by atoms with Crippen LogP contribution in [0.2, 0.25) is 0 Å². The Morgan fingerprint density at radius 2 is 1.06 bits per heavy atom. The molecule has 0 heterocycles. The van der Waals surface area contributed by atoms with E-state index in [4.69, 9.17) is 0 Å². The first-order valence-electron chi connectivity index (χ1n) is 11.6. The number of hydrogen-bond acceptors (Lipinski definition) is 0. The van der Waals surface area contributed by atoms with Crippen molar-refractivity contribution in [2.24, 2.45) is 0 Å². The zero-order valence-corrected chi connectivity index (χ0v) is 25.0. The van der Waals surface area contributed by atoms with Crippen LogP contribution in [0.3, 0.4) is 0 Å². The monoisotopic (exact) mass is 569 g/mol. The molecule has 0 amide bonds. The van der Waals surface area contributed by atoms with Crippen LogP contribution >= 0.6 is 24.8 Å². The molecule has 0 aliphatic heterocycles. The summed E-state index contributed by atoms with van der Waals surface area (Å²) in [6, 6.07) is 29.8. The van der Waals surface area contributed by atoms with Crippen LogP contribution in [-0.4, -0.2) is 6.88 Å². The van der Waals surface area contributed by atoms with Gasteiger partial charge in [-0.05, 0) is 0 Å². The van der Waals surface area contributed by atoms with Crippen molar-refractivity contribution < 1.29 is 18.9 Å². The van der Waals surface area contributed by atoms with Gasteiger partial charge in [-0.15, -0.1) is 24.8 Å². The number of rotatable bonds is 6. The summed E-state index contributed by atoms with van der Waals surface area (Å²) in [4.78, 5) is 0. The number of halogens is 2. The molecule has 2 aliphatic rings. The maximum Gasteiger partial charge on any atom is -0.147 e. The van der Waals surface area contributed by atoms with Crippen LogP contribution in [0.5, 0.6) is 0 Å². The van der Waals surface area contributed by atoms with Crippen LogP contribution in [0.15, 0.2) is 90.0 Å². The summed E-state index contributed by atoms with van der Waals surface area (Å²) >= 11 is -2.92. The Kier molecular flexibility index (Phi) is 8.84. The van der Waals surface area contributed by atoms with Crippen molar-refractivity contribution in [2.45, 2.75) is 38.1 Å². The van der Waals surface area contributed by atoms with Gasteiger partial charge in [0.1, 0.15) is 0 Å². The van der Waals surface area contributed by atoms with Gasteiger partial charge in [0.15, 0.2) is 0 Å². The molecule has 0 radical (unpaired) electrons. The average Bonchev–Trinajstić information content (AvgIpc) is 3.38. The molecule has 0 saturated carbocycles. The van der Waals surface area contributed by atoms with Crippen LogP contribution in [0.25, 0.3) is 12.2 Å². The van der Waals surface area contributed by atoms with Crippen molar-refractivity contribution in [1.82, 2.24) is 0 Å². The Bertz CT molecular complexity index is 1160. The molecule has 171 valence electrons. The minimum atomic E-state index is -2.92. The molecule has 4 heteroatoms. The minimum absolute atomic E-state index is 0. The Morgan fingerprint density at radius 3 is 1.52 bits per heavy atom. The third kappa shape index (κ3) is 4.70. The van der Waals surface area contributed by atoms with Crippen molar-refractivity contribution in [3.8, 4) is 0 Å². The molecule has 0 saturated heterocycles. The maximum absolute atomic E-state index is 2.92. The van der Waals surface area contributed by atoms with E-state index in [1.807, 2.05) is 0 Å². The zero-order chi connectivity index (χ0) is 21.4. The average molecular weight is 572 g/mol. The Morgan fingerprint density at radius 1 is 0.636 bits per heavy atom. The van der Waals surface area contributed by atoms with Gasteiger partial charge in [0.2, 0.25) is 0 Å². The fourth-order valence-corrected chi connectivity index (χ4v) is 27.2. The molecule has 0 nitrogen and oxygen atoms in total. The van der Waals surface area contributed by atoms with E-state index in [0.29, 0.717) is 7.25 Å². The van der Waals surface area contributed by atoms with Crippen LogP contribution in [0.1, 0.15) is 61.8 Å². The molecule has 2 atom stereocenters. The summed E-state index contributed by atoms with van der Waals surface area (Å²) in [5, 5.41) is 0. The molecule has 2 unspecified atom stereocenters. The maximum atomic E-state index is 2.53. The predicted octanol–water partition coefficient (Wildman–Crippen LogP) is 7.83. The van der Waals surface area contributed by atoms with Gasteiger partial charge in [0.05, 0.1) is 0 Å². The SMILES string of the molecule is CCC1=Cc2ccccc2[CH]1[Zr](=[SiH2])([CH2]c1ccccc1)[CH]1C(CC)=Cc2ccccc21.Cl.Cl. The first-order chi connectivity index (χ1) is 15.2. The van der Waals surface area contributed by atoms with Crippen molar-refractivity contribution in [3.63, 3.8) is 0 Å². The van der Waals surface area contributed by atoms with Crippen molar-refractivity contribution in [2.75, 3.05) is 0 Å². The van der Waals surface area contributed by atoms with Gasteiger partial charge in [-0.2, -0.15) is 0 Å². The van der Waals surface area contributed by atoms with Gasteiger partial charge in [-0.25, -0.2) is 0 Å². The van der Waals surface area contributed by atoms with E-state index >= 15 is 0 Å². The second kappa shape index (κ2) is 11.0. The van der Waals surface area contributed by atoms with Gasteiger partial charge in [0, 0.05) is 0 Å². The van der Waals surface area contributed by atoms with E-state index in [1.165, 1.54) is 20.8 Å². The molecule has 2 aliphatic carbocycles. The Balaban J connectivity index is 0.00000153. The number of hydrogen-bond donors (Lipinski definition) is 0. The molecule has 33 heavy (non-hydrogen) atoms. The van der Waals surface area contributed by atoms with E-state index in [2.05, 4.69) is 112 Å². The largest absolute Gasteiger partial charge is 0.147 e. The third-order valence-electron chi connectivity index (χ3n) is 7.38. The van der Waals surface area contributed by atoms with Crippen LogP contribution in [0.4, 0.5) is 0 Å². The second-order valence-electron chi connectivity index (χ2n) is 9.17. The number of benzene rings is 3. The van der Waals surface area contributed by atoms with Crippen LogP contribution in [0, 0.1) is 0 Å². The molecule has 0 spiro atoms. The van der Waals surface area contributed by atoms with E-state index in [0.717, 1.165) is 12.8 Å². The standard InChI is InChI=1S/2C11H11.C7H7.2ClH.H2Si.Zr/c2*1-2-9-7-10-5-3-4-6-11(10)8-9;1-7-5-3-2-4-6-7;;;;/h2*3-8H,2H2,1H3;2-6H,1H2;2*1H;1H2;. The summed E-state index contributed by atoms with van der Waals surface area (Å²) in [7, 11) is 0. The van der Waals surface area contributed by atoms with Crippen molar-refractivity contribution in [3.05, 3.63) is 118 Å². The van der Waals surface area contributed by atoms with E-state index in [1.54, 1.807) is 22.3 Å². The zero-order valence-electron chi connectivity index (χ0n) is 19.5. The molecule has 5 rings (SSSR count). The summed E-state index contributed by atoms with van der Waals surface area (Å²) < 4.78 is 2.60. The second-order valence-corrected chi connectivity index (χ2v) is 26.7. The summed E-state index contributed by atoms with van der Waals surface area (Å²) in [5.41, 5.74) is 11.1. The molecule has 0 N–H and O–H groups in total. The number of fused-ring (bicyclic) bond motifs is 2. The summed E-state index contributed by atoms with van der Waals surface area (Å²) in [6.45, 7) is 7.21. The first-order valence-corrected chi connectivity index (χ1v) is 22.1. The molecular formula is C29H33Cl2SiZr. The number of allylic oxidation sites excluding steroid dienone is 2. The quantitative estimate of drug-likeness (QED) is 0.265. The Hall–Kier alpha value is -1.18. The van der Waals surface area contributed by atoms with Gasteiger partial charge in [0.25, 0.3) is 0 Å². The molecule has 0 fully saturated rings. The van der Waals surface area contributed by atoms with E-state index < -0.39 is 18.9 Å². The van der Waals surface area contributed by atoms with Crippen molar-refractivity contribution >= 4 is 43.8 Å². The van der Waals surface area contributed by atoms with E-state index in [-0.39, 0.29) is 24.8 Å². The molecule has 3 aromatic carbocycles. The normalized spacial score (nSPS) is 19.8. The van der Waals surface area contributed by atoms with Gasteiger partial charge in [-0.1, -0.05) is 0 Å². The predicted molar refractivity (Wildman–Crippen MR) is 148 cm³/mol. The fraction of sp³-hybridized carbons (Fsp3) is 0.241. The fourth-order valence-electron chi connectivity index (χ4n) is 6.09. The Labute approximate surface area is 217 Å². The smallest absolute Gasteiger partial charge is 0.147 e. The van der Waals surface area contributed by atoms with Gasteiger partial charge < -0.3 is 0 Å². The summed E-state index contributed by atoms with van der Waals surface area (Å²) in [6.07, 6.45) is 7.37. The minimum Gasteiger partial charge on any atom is -0.147 e. The third-order valence-corrected chi connectivity index (χ3v) is 25.3. The first kappa shape index (κ1) is 26.4. The topological polar surface area (TPSA) is 0 Å². The molecule has 0 aromatic heterocycles. The molecule has 3 aromatic rings. The van der Waals surface area contributed by atoms with Gasteiger partial charge in [-0.3, -0.25) is 0 Å². The van der Waals surface area contributed by atoms with Crippen LogP contribution in [-0.2, 0) is 23.0 Å². The summed E-state index contributed by atoms with van der Waals surface area (Å²) in [5.74, 6) is 0. The van der Waals surface area contributed by atoms with Crippen molar-refractivity contribution in [1.29, 1.82) is 0 Å². The van der Waals surface area contributed by atoms with Gasteiger partial charge >= 0.3 is 194 Å². The molecular weight excluding hydrogens is 539 g/mol. The molecule has 0 bridgehead atoms. The van der Waals surface area contributed by atoms with E-state index in [9.17, 15) is 0 Å². The van der Waals surface area contributed by atoms with Crippen LogP contribution < -0.4 is 0 Å².